The Morgan fingerprint density at radius 3 is 2.60 bits per heavy atom. The minimum atomic E-state index is 0.0433. The fourth-order valence-corrected chi connectivity index (χ4v) is 2.34. The SMILES string of the molecule is CCC(CC)N(CCO)CC(=O)N(C)Cc1ccco1. The van der Waals surface area contributed by atoms with Crippen molar-refractivity contribution in [3.05, 3.63) is 24.2 Å². The highest BCUT2D eigenvalue weighted by Gasteiger charge is 2.20. The molecule has 114 valence electrons. The number of nitrogens with zero attached hydrogens (tertiary/aromatic N) is 2. The van der Waals surface area contributed by atoms with Crippen LogP contribution in [0.2, 0.25) is 0 Å². The maximum Gasteiger partial charge on any atom is 0.236 e. The molecule has 1 aromatic heterocycles. The van der Waals surface area contributed by atoms with Crippen molar-refractivity contribution < 1.29 is 14.3 Å². The van der Waals surface area contributed by atoms with Gasteiger partial charge in [-0.3, -0.25) is 9.69 Å². The van der Waals surface area contributed by atoms with Gasteiger partial charge < -0.3 is 14.4 Å². The van der Waals surface area contributed by atoms with E-state index in [1.807, 2.05) is 12.1 Å². The molecule has 1 rings (SSSR count). The molecule has 1 amide bonds. The molecule has 0 aliphatic rings. The van der Waals surface area contributed by atoms with Crippen LogP contribution in [0.3, 0.4) is 0 Å². The third-order valence-corrected chi connectivity index (χ3v) is 3.58. The molecule has 1 aromatic rings. The summed E-state index contributed by atoms with van der Waals surface area (Å²) in [6.07, 6.45) is 3.56. The van der Waals surface area contributed by atoms with Crippen LogP contribution >= 0.6 is 0 Å². The van der Waals surface area contributed by atoms with Crippen LogP contribution in [-0.4, -0.2) is 53.6 Å². The van der Waals surface area contributed by atoms with E-state index in [9.17, 15) is 4.79 Å². The lowest BCUT2D eigenvalue weighted by Gasteiger charge is -2.30. The Hall–Kier alpha value is -1.33. The van der Waals surface area contributed by atoms with E-state index in [0.29, 0.717) is 25.7 Å². The summed E-state index contributed by atoms with van der Waals surface area (Å²) in [6, 6.07) is 4.01. The van der Waals surface area contributed by atoms with E-state index in [0.717, 1.165) is 18.6 Å². The van der Waals surface area contributed by atoms with Crippen molar-refractivity contribution in [2.75, 3.05) is 26.7 Å². The van der Waals surface area contributed by atoms with E-state index < -0.39 is 0 Å². The Bertz CT molecular complexity index is 374. The zero-order valence-corrected chi connectivity index (χ0v) is 12.7. The molecule has 0 atom stereocenters. The van der Waals surface area contributed by atoms with Gasteiger partial charge in [0.15, 0.2) is 0 Å². The zero-order chi connectivity index (χ0) is 15.0. The summed E-state index contributed by atoms with van der Waals surface area (Å²) in [5, 5.41) is 9.15. The van der Waals surface area contributed by atoms with Gasteiger partial charge in [0.25, 0.3) is 0 Å². The van der Waals surface area contributed by atoms with Crippen molar-refractivity contribution in [2.24, 2.45) is 0 Å². The Morgan fingerprint density at radius 1 is 1.40 bits per heavy atom. The molecule has 5 nitrogen and oxygen atoms in total. The smallest absolute Gasteiger partial charge is 0.236 e. The first kappa shape index (κ1) is 16.7. The maximum atomic E-state index is 12.3. The topological polar surface area (TPSA) is 56.9 Å². The average molecular weight is 282 g/mol. The van der Waals surface area contributed by atoms with Crippen molar-refractivity contribution in [3.8, 4) is 0 Å². The van der Waals surface area contributed by atoms with Gasteiger partial charge in [-0.1, -0.05) is 13.8 Å². The number of rotatable bonds is 9. The molecule has 0 saturated heterocycles. The highest BCUT2D eigenvalue weighted by Crippen LogP contribution is 2.10. The Morgan fingerprint density at radius 2 is 2.10 bits per heavy atom. The normalized spacial score (nSPS) is 11.3. The first-order valence-corrected chi connectivity index (χ1v) is 7.23. The van der Waals surface area contributed by atoms with Crippen LogP contribution in [0.25, 0.3) is 0 Å². The van der Waals surface area contributed by atoms with Gasteiger partial charge in [-0.2, -0.15) is 0 Å². The summed E-state index contributed by atoms with van der Waals surface area (Å²) in [7, 11) is 1.77. The van der Waals surface area contributed by atoms with E-state index in [4.69, 9.17) is 9.52 Å². The molecular weight excluding hydrogens is 256 g/mol. The molecule has 5 heteroatoms. The van der Waals surface area contributed by atoms with Crippen LogP contribution in [0.15, 0.2) is 22.8 Å². The average Bonchev–Trinajstić information content (AvgIpc) is 2.93. The number of likely N-dealkylation sites (N-methyl/N-ethyl adjacent to an activating group) is 1. The highest BCUT2D eigenvalue weighted by molar-refractivity contribution is 5.78. The lowest BCUT2D eigenvalue weighted by Crippen LogP contribution is -2.44. The van der Waals surface area contributed by atoms with Crippen molar-refractivity contribution in [1.82, 2.24) is 9.80 Å². The van der Waals surface area contributed by atoms with E-state index in [2.05, 4.69) is 18.7 Å². The number of carbonyl (C=O) groups excluding carboxylic acids is 1. The van der Waals surface area contributed by atoms with Gasteiger partial charge in [-0.05, 0) is 25.0 Å². The van der Waals surface area contributed by atoms with Gasteiger partial charge >= 0.3 is 0 Å². The van der Waals surface area contributed by atoms with Crippen LogP contribution in [0, 0.1) is 0 Å². The highest BCUT2D eigenvalue weighted by atomic mass is 16.3. The molecule has 0 aromatic carbocycles. The first-order chi connectivity index (χ1) is 9.62. The molecule has 0 aliphatic carbocycles. The summed E-state index contributed by atoms with van der Waals surface area (Å²) in [5.41, 5.74) is 0. The van der Waals surface area contributed by atoms with E-state index >= 15 is 0 Å². The van der Waals surface area contributed by atoms with Gasteiger partial charge in [0, 0.05) is 19.6 Å². The van der Waals surface area contributed by atoms with E-state index in [-0.39, 0.29) is 12.5 Å². The molecular formula is C15H26N2O3. The molecule has 0 fully saturated rings. The van der Waals surface area contributed by atoms with Gasteiger partial charge in [-0.15, -0.1) is 0 Å². The second-order valence-corrected chi connectivity index (χ2v) is 4.99. The molecule has 0 spiro atoms. The molecule has 1 heterocycles. The predicted octanol–water partition coefficient (Wildman–Crippen LogP) is 1.72. The second kappa shape index (κ2) is 8.76. The van der Waals surface area contributed by atoms with Gasteiger partial charge in [0.1, 0.15) is 5.76 Å². The fraction of sp³-hybridized carbons (Fsp3) is 0.667. The molecule has 0 radical (unpaired) electrons. The third kappa shape index (κ3) is 4.98. The number of aliphatic hydroxyl groups is 1. The lowest BCUT2D eigenvalue weighted by atomic mass is 10.1. The molecule has 0 aliphatic heterocycles. The molecule has 0 bridgehead atoms. The van der Waals surface area contributed by atoms with E-state index in [1.54, 1.807) is 18.2 Å². The lowest BCUT2D eigenvalue weighted by molar-refractivity contribution is -0.132. The van der Waals surface area contributed by atoms with Crippen LogP contribution in [-0.2, 0) is 11.3 Å². The number of amides is 1. The number of hydrogen-bond donors (Lipinski definition) is 1. The monoisotopic (exact) mass is 282 g/mol. The summed E-state index contributed by atoms with van der Waals surface area (Å²) in [4.78, 5) is 16.0. The standard InChI is InChI=1S/C15H26N2O3/c1-4-13(5-2)17(8-9-18)12-15(19)16(3)11-14-7-6-10-20-14/h6-7,10,13,18H,4-5,8-9,11-12H2,1-3H3. The predicted molar refractivity (Wildman–Crippen MR) is 78.2 cm³/mol. The largest absolute Gasteiger partial charge is 0.467 e. The first-order valence-electron chi connectivity index (χ1n) is 7.23. The van der Waals surface area contributed by atoms with Crippen LogP contribution < -0.4 is 0 Å². The van der Waals surface area contributed by atoms with Crippen LogP contribution in [0.4, 0.5) is 0 Å². The van der Waals surface area contributed by atoms with Crippen LogP contribution in [0.5, 0.6) is 0 Å². The summed E-state index contributed by atoms with van der Waals surface area (Å²) < 4.78 is 5.25. The molecule has 0 unspecified atom stereocenters. The van der Waals surface area contributed by atoms with Gasteiger partial charge in [0.05, 0.1) is 26.0 Å². The van der Waals surface area contributed by atoms with Crippen molar-refractivity contribution in [1.29, 1.82) is 0 Å². The molecule has 20 heavy (non-hydrogen) atoms. The Labute approximate surface area is 121 Å². The third-order valence-electron chi connectivity index (χ3n) is 3.58. The van der Waals surface area contributed by atoms with Crippen LogP contribution in [0.1, 0.15) is 32.4 Å². The minimum Gasteiger partial charge on any atom is -0.467 e. The Kier molecular flexibility index (Phi) is 7.33. The van der Waals surface area contributed by atoms with Crippen molar-refractivity contribution in [2.45, 2.75) is 39.3 Å². The zero-order valence-electron chi connectivity index (χ0n) is 12.7. The number of hydrogen-bond acceptors (Lipinski definition) is 4. The quantitative estimate of drug-likeness (QED) is 0.749. The van der Waals surface area contributed by atoms with E-state index in [1.165, 1.54) is 0 Å². The number of carbonyl (C=O) groups is 1. The summed E-state index contributed by atoms with van der Waals surface area (Å²) in [5.74, 6) is 0.818. The van der Waals surface area contributed by atoms with Crippen molar-refractivity contribution >= 4 is 5.91 Å². The summed E-state index contributed by atoms with van der Waals surface area (Å²) in [6.45, 7) is 5.63. The Balaban J connectivity index is 2.55. The number of aliphatic hydroxyl groups excluding tert-OH is 1. The second-order valence-electron chi connectivity index (χ2n) is 4.99. The summed E-state index contributed by atoms with van der Waals surface area (Å²) >= 11 is 0. The minimum absolute atomic E-state index is 0.0433. The van der Waals surface area contributed by atoms with Gasteiger partial charge in [0.2, 0.25) is 5.91 Å². The fourth-order valence-electron chi connectivity index (χ4n) is 2.34. The molecule has 1 N–H and O–H groups in total. The number of furan rings is 1. The van der Waals surface area contributed by atoms with Gasteiger partial charge in [-0.25, -0.2) is 0 Å². The van der Waals surface area contributed by atoms with Crippen molar-refractivity contribution in [3.63, 3.8) is 0 Å². The maximum absolute atomic E-state index is 12.3. The molecule has 0 saturated carbocycles.